The number of aromatic nitrogens is 2. The van der Waals surface area contributed by atoms with E-state index in [1.165, 1.54) is 16.1 Å². The van der Waals surface area contributed by atoms with Crippen molar-refractivity contribution >= 4 is 17.4 Å². The third-order valence-corrected chi connectivity index (χ3v) is 5.87. The van der Waals surface area contributed by atoms with Crippen molar-refractivity contribution in [1.82, 2.24) is 19.8 Å². The van der Waals surface area contributed by atoms with Crippen LogP contribution in [0.15, 0.2) is 41.6 Å². The van der Waals surface area contributed by atoms with Crippen LogP contribution >= 0.6 is 11.8 Å². The lowest BCUT2D eigenvalue weighted by Gasteiger charge is -2.38. The summed E-state index contributed by atoms with van der Waals surface area (Å²) in [7, 11) is 0. The zero-order valence-electron chi connectivity index (χ0n) is 14.0. The number of nitrogens with one attached hydrogen (secondary N) is 1. The van der Waals surface area contributed by atoms with Crippen LogP contribution in [0, 0.1) is 0 Å². The Balaban J connectivity index is 1.35. The Labute approximate surface area is 147 Å². The van der Waals surface area contributed by atoms with E-state index in [0.29, 0.717) is 6.04 Å². The van der Waals surface area contributed by atoms with Crippen LogP contribution in [0.5, 0.6) is 0 Å². The Hall–Kier alpha value is -1.63. The minimum Gasteiger partial charge on any atom is -0.375 e. The van der Waals surface area contributed by atoms with Crippen molar-refractivity contribution in [3.05, 3.63) is 48.0 Å². The van der Waals surface area contributed by atoms with Crippen LogP contribution in [-0.2, 0) is 6.54 Å². The fourth-order valence-electron chi connectivity index (χ4n) is 3.39. The summed E-state index contributed by atoms with van der Waals surface area (Å²) in [5.41, 5.74) is 2.70. The molecule has 0 saturated carbocycles. The molecule has 1 saturated heterocycles. The first kappa shape index (κ1) is 15.9. The number of thioether (sulfide) groups is 1. The van der Waals surface area contributed by atoms with Crippen molar-refractivity contribution in [3.8, 4) is 0 Å². The number of hydrogen-bond acceptors (Lipinski definition) is 6. The molecular weight excluding hydrogens is 318 g/mol. The topological polar surface area (TPSA) is 44.3 Å². The van der Waals surface area contributed by atoms with Gasteiger partial charge in [-0.15, -0.1) is 11.8 Å². The third kappa shape index (κ3) is 3.41. The van der Waals surface area contributed by atoms with Crippen LogP contribution < -0.4 is 5.32 Å². The summed E-state index contributed by atoms with van der Waals surface area (Å²) in [4.78, 5) is 15.1. The van der Waals surface area contributed by atoms with Crippen LogP contribution in [0.4, 0.5) is 5.69 Å². The maximum absolute atomic E-state index is 4.33. The molecule has 3 heterocycles. The summed E-state index contributed by atoms with van der Waals surface area (Å²) in [5, 5.41) is 3.45. The Morgan fingerprint density at radius 3 is 2.75 bits per heavy atom. The van der Waals surface area contributed by atoms with Crippen LogP contribution in [0.3, 0.4) is 0 Å². The molecule has 0 radical (unpaired) electrons. The molecule has 0 amide bonds. The molecule has 2 aliphatic rings. The number of benzene rings is 1. The van der Waals surface area contributed by atoms with Gasteiger partial charge in [0.05, 0.1) is 12.4 Å². The zero-order valence-corrected chi connectivity index (χ0v) is 14.8. The predicted molar refractivity (Wildman–Crippen MR) is 98.1 cm³/mol. The minimum atomic E-state index is 0.456. The molecule has 0 spiro atoms. The number of hydrogen-bond donors (Lipinski definition) is 1. The van der Waals surface area contributed by atoms with Gasteiger partial charge in [-0.1, -0.05) is 6.07 Å². The van der Waals surface area contributed by atoms with E-state index in [4.69, 9.17) is 0 Å². The van der Waals surface area contributed by atoms with Crippen molar-refractivity contribution in [2.24, 2.45) is 0 Å². The molecule has 1 aromatic heterocycles. The normalized spacial score (nSPS) is 19.7. The molecule has 24 heavy (non-hydrogen) atoms. The first-order valence-corrected chi connectivity index (χ1v) is 9.51. The van der Waals surface area contributed by atoms with Crippen LogP contribution in [-0.4, -0.2) is 51.8 Å². The van der Waals surface area contributed by atoms with E-state index in [9.17, 15) is 0 Å². The molecule has 1 unspecified atom stereocenters. The lowest BCUT2D eigenvalue weighted by atomic mass is 10.1. The highest BCUT2D eigenvalue weighted by Gasteiger charge is 2.23. The van der Waals surface area contributed by atoms with Gasteiger partial charge >= 0.3 is 0 Å². The van der Waals surface area contributed by atoms with Gasteiger partial charge < -0.3 is 5.32 Å². The summed E-state index contributed by atoms with van der Waals surface area (Å²) < 4.78 is 0. The Bertz CT molecular complexity index is 685. The Morgan fingerprint density at radius 1 is 1.17 bits per heavy atom. The van der Waals surface area contributed by atoms with Gasteiger partial charge in [-0.3, -0.25) is 9.80 Å². The van der Waals surface area contributed by atoms with Gasteiger partial charge in [-0.25, -0.2) is 9.97 Å². The highest BCUT2D eigenvalue weighted by molar-refractivity contribution is 7.99. The van der Waals surface area contributed by atoms with Gasteiger partial charge in [0.2, 0.25) is 0 Å². The number of fused-ring (bicyclic) bond motifs is 1. The number of piperazine rings is 1. The van der Waals surface area contributed by atoms with Crippen LogP contribution in [0.1, 0.15) is 24.4 Å². The Morgan fingerprint density at radius 2 is 1.96 bits per heavy atom. The van der Waals surface area contributed by atoms with E-state index in [1.54, 1.807) is 0 Å². The summed E-state index contributed by atoms with van der Waals surface area (Å²) in [6, 6.07) is 9.19. The predicted octanol–water partition coefficient (Wildman–Crippen LogP) is 2.83. The summed E-state index contributed by atoms with van der Waals surface area (Å²) in [6.45, 7) is 7.49. The van der Waals surface area contributed by atoms with E-state index in [0.717, 1.165) is 44.4 Å². The van der Waals surface area contributed by atoms with E-state index in [-0.39, 0.29) is 0 Å². The maximum Gasteiger partial charge on any atom is 0.142 e. The van der Waals surface area contributed by atoms with Crippen molar-refractivity contribution in [1.29, 1.82) is 0 Å². The maximum atomic E-state index is 4.33. The highest BCUT2D eigenvalue weighted by Crippen LogP contribution is 2.36. The van der Waals surface area contributed by atoms with Gasteiger partial charge in [0.1, 0.15) is 5.82 Å². The standard InChI is InChI=1S/C18H23N5S/c1-14(15-3-4-17-16(11-15)21-13-24-17)23-9-7-22(8-10-23)12-18-19-5-2-6-20-18/h2-6,11,14,21H,7-10,12-13H2,1H3. The van der Waals surface area contributed by atoms with Gasteiger partial charge in [-0.2, -0.15) is 0 Å². The first-order chi connectivity index (χ1) is 11.8. The average Bonchev–Trinajstić information content (AvgIpc) is 3.10. The molecule has 4 rings (SSSR count). The van der Waals surface area contributed by atoms with Crippen molar-refractivity contribution in [2.45, 2.75) is 24.4 Å². The van der Waals surface area contributed by atoms with Gasteiger partial charge in [0.25, 0.3) is 0 Å². The molecule has 1 N–H and O–H groups in total. The lowest BCUT2D eigenvalue weighted by Crippen LogP contribution is -2.46. The summed E-state index contributed by atoms with van der Waals surface area (Å²) in [6.07, 6.45) is 3.64. The molecule has 1 aromatic carbocycles. The third-order valence-electron chi connectivity index (χ3n) is 4.92. The average molecular weight is 341 g/mol. The number of anilines is 1. The summed E-state index contributed by atoms with van der Waals surface area (Å²) >= 11 is 1.88. The summed E-state index contributed by atoms with van der Waals surface area (Å²) in [5.74, 6) is 1.91. The van der Waals surface area contributed by atoms with E-state index >= 15 is 0 Å². The molecule has 0 aliphatic carbocycles. The minimum absolute atomic E-state index is 0.456. The molecule has 1 atom stereocenters. The van der Waals surface area contributed by atoms with E-state index < -0.39 is 0 Å². The fraction of sp³-hybridized carbons (Fsp3) is 0.444. The van der Waals surface area contributed by atoms with Crippen LogP contribution in [0.2, 0.25) is 0 Å². The molecular formula is C18H23N5S. The lowest BCUT2D eigenvalue weighted by molar-refractivity contribution is 0.0962. The quantitative estimate of drug-likeness (QED) is 0.923. The molecule has 2 aliphatic heterocycles. The van der Waals surface area contributed by atoms with Crippen LogP contribution in [0.25, 0.3) is 0 Å². The molecule has 5 nitrogen and oxygen atoms in total. The van der Waals surface area contributed by atoms with Gasteiger partial charge in [0, 0.05) is 55.2 Å². The monoisotopic (exact) mass is 341 g/mol. The molecule has 126 valence electrons. The SMILES string of the molecule is CC(c1ccc2c(c1)NCS2)N1CCN(Cc2ncccn2)CC1. The molecule has 2 aromatic rings. The molecule has 0 bridgehead atoms. The second kappa shape index (κ2) is 7.09. The number of nitrogens with zero attached hydrogens (tertiary/aromatic N) is 4. The van der Waals surface area contributed by atoms with Crippen molar-refractivity contribution in [2.75, 3.05) is 37.4 Å². The second-order valence-electron chi connectivity index (χ2n) is 6.37. The van der Waals surface area contributed by atoms with E-state index in [1.807, 2.05) is 30.2 Å². The fourth-order valence-corrected chi connectivity index (χ4v) is 4.23. The molecule has 1 fully saturated rings. The Kier molecular flexibility index (Phi) is 4.69. The smallest absolute Gasteiger partial charge is 0.142 e. The van der Waals surface area contributed by atoms with Gasteiger partial charge in [-0.05, 0) is 30.7 Å². The van der Waals surface area contributed by atoms with Crippen molar-refractivity contribution in [3.63, 3.8) is 0 Å². The van der Waals surface area contributed by atoms with E-state index in [2.05, 4.69) is 50.2 Å². The number of rotatable bonds is 4. The first-order valence-electron chi connectivity index (χ1n) is 8.52. The molecule has 6 heteroatoms. The zero-order chi connectivity index (χ0) is 16.4. The van der Waals surface area contributed by atoms with Gasteiger partial charge in [0.15, 0.2) is 0 Å². The second-order valence-corrected chi connectivity index (χ2v) is 7.39. The largest absolute Gasteiger partial charge is 0.375 e. The highest BCUT2D eigenvalue weighted by atomic mass is 32.2. The van der Waals surface area contributed by atoms with Crippen molar-refractivity contribution < 1.29 is 0 Å².